The first-order valence-electron chi connectivity index (χ1n) is 8.07. The van der Waals surface area contributed by atoms with Gasteiger partial charge in [-0.25, -0.2) is 9.37 Å². The summed E-state index contributed by atoms with van der Waals surface area (Å²) in [6.45, 7) is 0.642. The predicted molar refractivity (Wildman–Crippen MR) is 101 cm³/mol. The first kappa shape index (κ1) is 16.4. The number of pyridine rings is 1. The summed E-state index contributed by atoms with van der Waals surface area (Å²) in [4.78, 5) is 5.31. The molecule has 4 rings (SSSR count). The van der Waals surface area contributed by atoms with Crippen LogP contribution in [0.25, 0.3) is 21.6 Å². The summed E-state index contributed by atoms with van der Waals surface area (Å²) in [5.74, 6) is 0.512. The van der Waals surface area contributed by atoms with E-state index in [0.29, 0.717) is 6.54 Å². The van der Waals surface area contributed by atoms with Gasteiger partial charge in [0, 0.05) is 43.3 Å². The molecule has 5 nitrogen and oxygen atoms in total. The van der Waals surface area contributed by atoms with Crippen LogP contribution >= 0.6 is 11.5 Å². The van der Waals surface area contributed by atoms with Crippen molar-refractivity contribution in [2.75, 3.05) is 5.32 Å². The molecule has 0 unspecified atom stereocenters. The zero-order valence-electron chi connectivity index (χ0n) is 14.1. The van der Waals surface area contributed by atoms with Crippen LogP contribution in [0.1, 0.15) is 5.56 Å². The van der Waals surface area contributed by atoms with Gasteiger partial charge in [-0.1, -0.05) is 12.1 Å². The Kier molecular flexibility index (Phi) is 4.45. The van der Waals surface area contributed by atoms with Crippen LogP contribution in [-0.2, 0) is 13.6 Å². The molecule has 0 aliphatic rings. The second-order valence-electron chi connectivity index (χ2n) is 5.88. The second-order valence-corrected chi connectivity index (χ2v) is 6.69. The average Bonchev–Trinajstić information content (AvgIpc) is 3.29. The maximum absolute atomic E-state index is 13.6. The summed E-state index contributed by atoms with van der Waals surface area (Å²) in [5, 5.41) is 7.46. The Hall–Kier alpha value is -3.06. The quantitative estimate of drug-likeness (QED) is 0.571. The van der Waals surface area contributed by atoms with Gasteiger partial charge in [0.2, 0.25) is 0 Å². The molecule has 7 heteroatoms. The molecule has 1 aromatic carbocycles. The van der Waals surface area contributed by atoms with E-state index in [1.54, 1.807) is 16.9 Å². The van der Waals surface area contributed by atoms with Crippen molar-refractivity contribution in [1.82, 2.24) is 19.1 Å². The largest absolute Gasteiger partial charge is 0.366 e. The molecule has 0 saturated carbocycles. The highest BCUT2D eigenvalue weighted by Crippen LogP contribution is 2.35. The van der Waals surface area contributed by atoms with Gasteiger partial charge in [0.25, 0.3) is 0 Å². The SMILES string of the molecule is Cn1cc(CNc2cc(-c3cnsc3-c3cccc(F)c3)ccn2)cn1. The van der Waals surface area contributed by atoms with E-state index in [2.05, 4.69) is 19.8 Å². The van der Waals surface area contributed by atoms with Crippen LogP contribution < -0.4 is 5.32 Å². The van der Waals surface area contributed by atoms with E-state index in [1.165, 1.54) is 23.7 Å². The first-order valence-corrected chi connectivity index (χ1v) is 8.85. The van der Waals surface area contributed by atoms with Crippen LogP contribution in [0.5, 0.6) is 0 Å². The number of nitrogens with zero attached hydrogens (tertiary/aromatic N) is 4. The number of benzene rings is 1. The van der Waals surface area contributed by atoms with Crippen molar-refractivity contribution >= 4 is 17.4 Å². The Labute approximate surface area is 154 Å². The molecule has 3 aromatic heterocycles. The van der Waals surface area contributed by atoms with Gasteiger partial charge in [-0.2, -0.15) is 9.47 Å². The Morgan fingerprint density at radius 2 is 2.08 bits per heavy atom. The minimum absolute atomic E-state index is 0.254. The van der Waals surface area contributed by atoms with Crippen LogP contribution in [-0.4, -0.2) is 19.1 Å². The molecule has 0 aliphatic heterocycles. The van der Waals surface area contributed by atoms with Crippen molar-refractivity contribution in [3.05, 3.63) is 72.6 Å². The number of hydrogen-bond donors (Lipinski definition) is 1. The van der Waals surface area contributed by atoms with E-state index in [-0.39, 0.29) is 5.82 Å². The third-order valence-corrected chi connectivity index (χ3v) is 4.81. The highest BCUT2D eigenvalue weighted by Gasteiger charge is 2.12. The Morgan fingerprint density at radius 3 is 2.88 bits per heavy atom. The van der Waals surface area contributed by atoms with Gasteiger partial charge in [0.15, 0.2) is 0 Å². The van der Waals surface area contributed by atoms with Crippen molar-refractivity contribution in [3.8, 4) is 21.6 Å². The minimum Gasteiger partial charge on any atom is -0.366 e. The Balaban J connectivity index is 1.60. The summed E-state index contributed by atoms with van der Waals surface area (Å²) in [7, 11) is 1.89. The van der Waals surface area contributed by atoms with Crippen LogP contribution in [0.15, 0.2) is 61.2 Å². The molecule has 0 fully saturated rings. The van der Waals surface area contributed by atoms with Crippen LogP contribution in [0.4, 0.5) is 10.2 Å². The standard InChI is InChI=1S/C19H16FN5S/c1-25-12-13(10-23-25)9-22-18-8-14(5-6-21-18)17-11-24-26-19(17)15-3-2-4-16(20)7-15/h2-8,10-12H,9H2,1H3,(H,21,22). The molecule has 0 atom stereocenters. The highest BCUT2D eigenvalue weighted by molar-refractivity contribution is 7.10. The topological polar surface area (TPSA) is 55.6 Å². The first-order chi connectivity index (χ1) is 12.7. The summed E-state index contributed by atoms with van der Waals surface area (Å²) in [6, 6.07) is 10.5. The van der Waals surface area contributed by atoms with E-state index >= 15 is 0 Å². The number of anilines is 1. The van der Waals surface area contributed by atoms with E-state index in [9.17, 15) is 4.39 Å². The van der Waals surface area contributed by atoms with E-state index < -0.39 is 0 Å². The maximum Gasteiger partial charge on any atom is 0.126 e. The Bertz CT molecular complexity index is 1040. The zero-order chi connectivity index (χ0) is 17.9. The average molecular weight is 365 g/mol. The summed E-state index contributed by atoms with van der Waals surface area (Å²) in [5.41, 5.74) is 3.86. The fourth-order valence-corrected chi connectivity index (χ4v) is 3.50. The van der Waals surface area contributed by atoms with Gasteiger partial charge < -0.3 is 5.32 Å². The molecular weight excluding hydrogens is 349 g/mol. The minimum atomic E-state index is -0.254. The summed E-state index contributed by atoms with van der Waals surface area (Å²) >= 11 is 1.36. The summed E-state index contributed by atoms with van der Waals surface area (Å²) < 4.78 is 19.6. The fraction of sp³-hybridized carbons (Fsp3) is 0.105. The van der Waals surface area contributed by atoms with Gasteiger partial charge in [-0.05, 0) is 46.9 Å². The van der Waals surface area contributed by atoms with Gasteiger partial charge in [0.1, 0.15) is 11.6 Å². The normalized spacial score (nSPS) is 10.8. The van der Waals surface area contributed by atoms with Crippen molar-refractivity contribution < 1.29 is 4.39 Å². The van der Waals surface area contributed by atoms with Gasteiger partial charge in [-0.15, -0.1) is 0 Å². The number of halogens is 1. The monoisotopic (exact) mass is 365 g/mol. The molecule has 0 aliphatic carbocycles. The van der Waals surface area contributed by atoms with E-state index in [4.69, 9.17) is 0 Å². The fourth-order valence-electron chi connectivity index (χ4n) is 2.73. The number of aromatic nitrogens is 4. The van der Waals surface area contributed by atoms with Crippen molar-refractivity contribution in [3.63, 3.8) is 0 Å². The van der Waals surface area contributed by atoms with Gasteiger partial charge >= 0.3 is 0 Å². The van der Waals surface area contributed by atoms with Crippen LogP contribution in [0.2, 0.25) is 0 Å². The lowest BCUT2D eigenvalue weighted by Gasteiger charge is -2.07. The molecule has 0 bridgehead atoms. The third kappa shape index (κ3) is 3.48. The van der Waals surface area contributed by atoms with E-state index in [0.717, 1.165) is 32.9 Å². The summed E-state index contributed by atoms with van der Waals surface area (Å²) in [6.07, 6.45) is 7.35. The lowest BCUT2D eigenvalue weighted by Crippen LogP contribution is -2.00. The van der Waals surface area contributed by atoms with Crippen molar-refractivity contribution in [2.45, 2.75) is 6.54 Å². The van der Waals surface area contributed by atoms with Crippen molar-refractivity contribution in [1.29, 1.82) is 0 Å². The molecule has 130 valence electrons. The molecule has 1 N–H and O–H groups in total. The third-order valence-electron chi connectivity index (χ3n) is 3.96. The Morgan fingerprint density at radius 1 is 1.15 bits per heavy atom. The van der Waals surface area contributed by atoms with Gasteiger partial charge in [0.05, 0.1) is 11.1 Å². The zero-order valence-corrected chi connectivity index (χ0v) is 14.9. The molecule has 3 heterocycles. The van der Waals surface area contributed by atoms with Crippen molar-refractivity contribution in [2.24, 2.45) is 7.05 Å². The number of rotatable bonds is 5. The predicted octanol–water partition coefficient (Wildman–Crippen LogP) is 4.36. The smallest absolute Gasteiger partial charge is 0.126 e. The highest BCUT2D eigenvalue weighted by atomic mass is 32.1. The molecule has 0 amide bonds. The molecular formula is C19H16FN5S. The van der Waals surface area contributed by atoms with Crippen LogP contribution in [0.3, 0.4) is 0 Å². The maximum atomic E-state index is 13.6. The molecule has 4 aromatic rings. The number of nitrogens with one attached hydrogen (secondary N) is 1. The lowest BCUT2D eigenvalue weighted by molar-refractivity contribution is 0.628. The molecule has 0 spiro atoms. The molecule has 0 saturated heterocycles. The van der Waals surface area contributed by atoms with Crippen LogP contribution in [0, 0.1) is 5.82 Å². The number of hydrogen-bond acceptors (Lipinski definition) is 5. The number of aryl methyl sites for hydroxylation is 1. The second kappa shape index (κ2) is 7.05. The van der Waals surface area contributed by atoms with E-state index in [1.807, 2.05) is 43.8 Å². The molecule has 0 radical (unpaired) electrons. The lowest BCUT2D eigenvalue weighted by atomic mass is 10.0. The molecule has 26 heavy (non-hydrogen) atoms. The van der Waals surface area contributed by atoms with Gasteiger partial charge in [-0.3, -0.25) is 4.68 Å².